The largest absolute Gasteiger partial charge is 0.497 e. The molecule has 0 aliphatic carbocycles. The van der Waals surface area contributed by atoms with Crippen molar-refractivity contribution in [2.75, 3.05) is 7.11 Å². The summed E-state index contributed by atoms with van der Waals surface area (Å²) < 4.78 is 19.8. The van der Waals surface area contributed by atoms with Crippen LogP contribution < -0.4 is 4.74 Å². The van der Waals surface area contributed by atoms with Gasteiger partial charge in [0.1, 0.15) is 5.75 Å². The van der Waals surface area contributed by atoms with Crippen LogP contribution in [-0.2, 0) is 10.8 Å². The fourth-order valence-corrected chi connectivity index (χ4v) is 4.96. The van der Waals surface area contributed by atoms with E-state index in [-0.39, 0.29) is 0 Å². The maximum absolute atomic E-state index is 12.7. The summed E-state index contributed by atoms with van der Waals surface area (Å²) in [6.07, 6.45) is 0. The minimum Gasteiger partial charge on any atom is -0.497 e. The van der Waals surface area contributed by atoms with Crippen molar-refractivity contribution in [3.05, 3.63) is 58.1 Å². The number of fused-ring (bicyclic) bond motifs is 1. The maximum Gasteiger partial charge on any atom is 0.120 e. The quantitative estimate of drug-likeness (QED) is 0.706. The molecule has 1 aliphatic heterocycles. The van der Waals surface area contributed by atoms with E-state index in [1.807, 2.05) is 42.5 Å². The standard InChI is InChI=1S/C15H10Br2O2S/c1-19-11-6-7-12-13(8-11)20(18)15(14(12)17)9-2-4-10(16)5-3-9/h2-8H,1H3. The van der Waals surface area contributed by atoms with Crippen LogP contribution in [0.4, 0.5) is 0 Å². The second-order valence-electron chi connectivity index (χ2n) is 4.28. The van der Waals surface area contributed by atoms with Crippen LogP contribution >= 0.6 is 31.9 Å². The van der Waals surface area contributed by atoms with Crippen LogP contribution in [0.5, 0.6) is 5.75 Å². The Morgan fingerprint density at radius 3 is 2.40 bits per heavy atom. The van der Waals surface area contributed by atoms with Gasteiger partial charge in [-0.25, -0.2) is 4.21 Å². The van der Waals surface area contributed by atoms with Gasteiger partial charge < -0.3 is 4.74 Å². The first kappa shape index (κ1) is 14.0. The molecule has 0 spiro atoms. The van der Waals surface area contributed by atoms with E-state index in [0.29, 0.717) is 0 Å². The highest BCUT2D eigenvalue weighted by molar-refractivity contribution is 9.15. The van der Waals surface area contributed by atoms with Crippen molar-refractivity contribution in [1.82, 2.24) is 0 Å². The second-order valence-corrected chi connectivity index (χ2v) is 7.38. The molecule has 20 heavy (non-hydrogen) atoms. The van der Waals surface area contributed by atoms with Gasteiger partial charge in [0.15, 0.2) is 0 Å². The monoisotopic (exact) mass is 412 g/mol. The highest BCUT2D eigenvalue weighted by Crippen LogP contribution is 2.45. The molecule has 0 radical (unpaired) electrons. The highest BCUT2D eigenvalue weighted by Gasteiger charge is 2.28. The minimum atomic E-state index is -1.20. The maximum atomic E-state index is 12.7. The van der Waals surface area contributed by atoms with E-state index < -0.39 is 10.8 Å². The van der Waals surface area contributed by atoms with Gasteiger partial charge in [0, 0.05) is 14.5 Å². The molecule has 1 atom stereocenters. The summed E-state index contributed by atoms with van der Waals surface area (Å²) in [5, 5.41) is 0. The molecular formula is C15H10Br2O2S. The summed E-state index contributed by atoms with van der Waals surface area (Å²) in [5.74, 6) is 0.717. The number of benzene rings is 2. The molecule has 102 valence electrons. The van der Waals surface area contributed by atoms with Crippen molar-refractivity contribution in [3.8, 4) is 5.75 Å². The number of rotatable bonds is 2. The topological polar surface area (TPSA) is 26.3 Å². The van der Waals surface area contributed by atoms with Gasteiger partial charge >= 0.3 is 0 Å². The molecule has 0 bridgehead atoms. The van der Waals surface area contributed by atoms with Gasteiger partial charge in [0.25, 0.3) is 0 Å². The molecule has 0 N–H and O–H groups in total. The zero-order chi connectivity index (χ0) is 14.3. The summed E-state index contributed by atoms with van der Waals surface area (Å²) in [4.78, 5) is 1.59. The molecule has 3 rings (SSSR count). The van der Waals surface area contributed by atoms with E-state index in [4.69, 9.17) is 4.74 Å². The second kappa shape index (κ2) is 5.47. The predicted molar refractivity (Wildman–Crippen MR) is 89.3 cm³/mol. The molecule has 0 amide bonds. The molecule has 0 saturated heterocycles. The molecule has 0 aromatic heterocycles. The number of ether oxygens (including phenoxy) is 1. The van der Waals surface area contributed by atoms with Gasteiger partial charge in [-0.05, 0) is 51.8 Å². The van der Waals surface area contributed by atoms with E-state index >= 15 is 0 Å². The van der Waals surface area contributed by atoms with Crippen molar-refractivity contribution in [1.29, 1.82) is 0 Å². The smallest absolute Gasteiger partial charge is 0.120 e. The Morgan fingerprint density at radius 1 is 1.05 bits per heavy atom. The van der Waals surface area contributed by atoms with Crippen LogP contribution in [0.2, 0.25) is 0 Å². The van der Waals surface area contributed by atoms with Crippen molar-refractivity contribution >= 4 is 52.0 Å². The average molecular weight is 414 g/mol. The molecule has 1 aliphatic rings. The van der Waals surface area contributed by atoms with Crippen molar-refractivity contribution in [2.45, 2.75) is 4.90 Å². The predicted octanol–water partition coefficient (Wildman–Crippen LogP) is 4.80. The first-order valence-corrected chi connectivity index (χ1v) is 8.61. The summed E-state index contributed by atoms with van der Waals surface area (Å²) in [6, 6.07) is 13.5. The number of halogens is 2. The third kappa shape index (κ3) is 2.28. The molecule has 2 aromatic rings. The van der Waals surface area contributed by atoms with Crippen molar-refractivity contribution in [2.24, 2.45) is 0 Å². The zero-order valence-electron chi connectivity index (χ0n) is 10.5. The van der Waals surface area contributed by atoms with Crippen LogP contribution in [0.1, 0.15) is 11.1 Å². The average Bonchev–Trinajstić information content (AvgIpc) is 2.72. The number of hydrogen-bond acceptors (Lipinski definition) is 2. The minimum absolute atomic E-state index is 0.717. The Morgan fingerprint density at radius 2 is 1.75 bits per heavy atom. The van der Waals surface area contributed by atoms with Gasteiger partial charge in [-0.1, -0.05) is 28.1 Å². The normalized spacial score (nSPS) is 17.2. The summed E-state index contributed by atoms with van der Waals surface area (Å²) >= 11 is 6.99. The summed E-state index contributed by atoms with van der Waals surface area (Å²) in [5.41, 5.74) is 1.91. The lowest BCUT2D eigenvalue weighted by Gasteiger charge is -2.04. The molecule has 1 unspecified atom stereocenters. The van der Waals surface area contributed by atoms with E-state index in [2.05, 4.69) is 31.9 Å². The van der Waals surface area contributed by atoms with Crippen LogP contribution in [0, 0.1) is 0 Å². The molecule has 0 saturated carbocycles. The lowest BCUT2D eigenvalue weighted by Crippen LogP contribution is -1.92. The Kier molecular flexibility index (Phi) is 3.84. The van der Waals surface area contributed by atoms with E-state index in [0.717, 1.165) is 35.6 Å². The van der Waals surface area contributed by atoms with Crippen molar-refractivity contribution < 1.29 is 8.95 Å². The fourth-order valence-electron chi connectivity index (χ4n) is 2.11. The summed E-state index contributed by atoms with van der Waals surface area (Å²) in [7, 11) is 0.411. The molecule has 2 aromatic carbocycles. The van der Waals surface area contributed by atoms with Gasteiger partial charge in [-0.3, -0.25) is 0 Å². The van der Waals surface area contributed by atoms with E-state index in [1.165, 1.54) is 0 Å². The SMILES string of the molecule is COc1ccc2c(c1)S(=O)C(c1ccc(Br)cc1)=C2Br. The third-order valence-electron chi connectivity index (χ3n) is 3.12. The lowest BCUT2D eigenvalue weighted by molar-refractivity contribution is 0.413. The van der Waals surface area contributed by atoms with E-state index in [9.17, 15) is 4.21 Å². The number of methoxy groups -OCH3 is 1. The van der Waals surface area contributed by atoms with Crippen LogP contribution in [-0.4, -0.2) is 11.3 Å². The fraction of sp³-hybridized carbons (Fsp3) is 0.0667. The summed E-state index contributed by atoms with van der Waals surface area (Å²) in [6.45, 7) is 0. The Labute approximate surface area is 136 Å². The molecule has 1 heterocycles. The molecular weight excluding hydrogens is 404 g/mol. The van der Waals surface area contributed by atoms with Crippen LogP contribution in [0.15, 0.2) is 51.8 Å². The Balaban J connectivity index is 2.13. The molecule has 0 fully saturated rings. The highest BCUT2D eigenvalue weighted by atomic mass is 79.9. The third-order valence-corrected chi connectivity index (χ3v) is 6.28. The van der Waals surface area contributed by atoms with Gasteiger partial charge in [0.05, 0.1) is 27.7 Å². The van der Waals surface area contributed by atoms with E-state index in [1.54, 1.807) is 7.11 Å². The molecule has 5 heteroatoms. The Bertz CT molecular complexity index is 736. The number of hydrogen-bond donors (Lipinski definition) is 0. The van der Waals surface area contributed by atoms with Gasteiger partial charge in [-0.2, -0.15) is 0 Å². The first-order chi connectivity index (χ1) is 9.61. The van der Waals surface area contributed by atoms with Crippen LogP contribution in [0.3, 0.4) is 0 Å². The first-order valence-electron chi connectivity index (χ1n) is 5.87. The Hall–Kier alpha value is -0.910. The zero-order valence-corrected chi connectivity index (χ0v) is 14.5. The van der Waals surface area contributed by atoms with Gasteiger partial charge in [-0.15, -0.1) is 0 Å². The van der Waals surface area contributed by atoms with Crippen LogP contribution in [0.25, 0.3) is 9.39 Å². The van der Waals surface area contributed by atoms with Gasteiger partial charge in [0.2, 0.25) is 0 Å². The van der Waals surface area contributed by atoms with Crippen molar-refractivity contribution in [3.63, 3.8) is 0 Å². The lowest BCUT2D eigenvalue weighted by atomic mass is 10.1. The molecule has 2 nitrogen and oxygen atoms in total.